The second-order valence-corrected chi connectivity index (χ2v) is 7.55. The highest BCUT2D eigenvalue weighted by molar-refractivity contribution is 7.80. The Balaban J connectivity index is 1.63. The largest absolute Gasteiger partial charge is 0.417 e. The van der Waals surface area contributed by atoms with E-state index in [1.165, 1.54) is 23.3 Å². The molecule has 0 spiro atoms. The average Bonchev–Trinajstić information content (AvgIpc) is 2.73. The van der Waals surface area contributed by atoms with Gasteiger partial charge in [0.1, 0.15) is 0 Å². The number of thiocarbonyl (C=S) groups is 1. The molecule has 0 aliphatic carbocycles. The summed E-state index contributed by atoms with van der Waals surface area (Å²) >= 11 is 10.9. The van der Waals surface area contributed by atoms with E-state index in [1.54, 1.807) is 0 Å². The van der Waals surface area contributed by atoms with E-state index in [0.717, 1.165) is 12.5 Å². The van der Waals surface area contributed by atoms with E-state index in [9.17, 15) is 13.2 Å². The smallest absolute Gasteiger partial charge is 0.362 e. The van der Waals surface area contributed by atoms with Crippen molar-refractivity contribution in [3.8, 4) is 0 Å². The van der Waals surface area contributed by atoms with Gasteiger partial charge in [0, 0.05) is 18.2 Å². The number of halogens is 4. The molecule has 7 heteroatoms. The maximum atomic E-state index is 13.0. The topological polar surface area (TPSA) is 24.1 Å². The number of hydrogen-bond acceptors (Lipinski definition) is 1. The Morgan fingerprint density at radius 3 is 2.00 bits per heavy atom. The molecule has 0 saturated heterocycles. The summed E-state index contributed by atoms with van der Waals surface area (Å²) in [4.78, 5) is 0. The number of anilines is 1. The van der Waals surface area contributed by atoms with Gasteiger partial charge in [0.15, 0.2) is 5.11 Å². The van der Waals surface area contributed by atoms with Gasteiger partial charge in [-0.1, -0.05) is 72.3 Å². The number of hydrogen-bond donors (Lipinski definition) is 2. The summed E-state index contributed by atoms with van der Waals surface area (Å²) < 4.78 is 39.1. The Bertz CT molecular complexity index is 939. The van der Waals surface area contributed by atoms with Gasteiger partial charge in [0.2, 0.25) is 0 Å². The fourth-order valence-electron chi connectivity index (χ4n) is 3.22. The Morgan fingerprint density at radius 2 is 1.47 bits per heavy atom. The number of benzene rings is 3. The van der Waals surface area contributed by atoms with Gasteiger partial charge in [0.05, 0.1) is 10.6 Å². The first-order valence-corrected chi connectivity index (χ1v) is 10.1. The van der Waals surface area contributed by atoms with Crippen LogP contribution in [0.5, 0.6) is 0 Å². The van der Waals surface area contributed by atoms with Gasteiger partial charge in [-0.2, -0.15) is 13.2 Å². The van der Waals surface area contributed by atoms with Gasteiger partial charge in [-0.15, -0.1) is 0 Å². The normalized spacial score (nSPS) is 11.4. The molecule has 0 radical (unpaired) electrons. The molecule has 0 aromatic heterocycles. The summed E-state index contributed by atoms with van der Waals surface area (Å²) in [6.45, 7) is 0.556. The zero-order valence-electron chi connectivity index (χ0n) is 15.9. The summed E-state index contributed by atoms with van der Waals surface area (Å²) in [6, 6.07) is 23.9. The van der Waals surface area contributed by atoms with Crippen molar-refractivity contribution in [3.05, 3.63) is 101 Å². The summed E-state index contributed by atoms with van der Waals surface area (Å²) in [7, 11) is 0. The molecule has 0 bridgehead atoms. The zero-order valence-corrected chi connectivity index (χ0v) is 17.5. The fraction of sp³-hybridized carbons (Fsp3) is 0.174. The van der Waals surface area contributed by atoms with Crippen LogP contribution >= 0.6 is 23.8 Å². The first-order chi connectivity index (χ1) is 14.3. The molecule has 30 heavy (non-hydrogen) atoms. The van der Waals surface area contributed by atoms with Crippen LogP contribution in [0, 0.1) is 0 Å². The molecular weight excluding hydrogens is 429 g/mol. The van der Waals surface area contributed by atoms with Crippen LogP contribution in [0.25, 0.3) is 0 Å². The monoisotopic (exact) mass is 448 g/mol. The summed E-state index contributed by atoms with van der Waals surface area (Å²) in [5.41, 5.74) is 1.71. The van der Waals surface area contributed by atoms with Crippen LogP contribution in [0.3, 0.4) is 0 Å². The molecule has 3 rings (SSSR count). The third-order valence-electron chi connectivity index (χ3n) is 4.65. The van der Waals surface area contributed by atoms with Crippen LogP contribution in [0.1, 0.15) is 29.0 Å². The van der Waals surface area contributed by atoms with Crippen molar-refractivity contribution in [3.63, 3.8) is 0 Å². The van der Waals surface area contributed by atoms with Gasteiger partial charge in [-0.05, 0) is 48.0 Å². The van der Waals surface area contributed by atoms with Crippen molar-refractivity contribution >= 4 is 34.6 Å². The number of nitrogens with one attached hydrogen (secondary N) is 2. The molecule has 0 fully saturated rings. The molecule has 0 atom stereocenters. The standard InChI is InChI=1S/C23H20ClF3N2S/c24-21-12-11-18(15-20(21)23(25,26)27)29-22(30)28-14-13-19(16-7-3-1-4-8-16)17-9-5-2-6-10-17/h1-12,15,19H,13-14H2,(H2,28,29,30). The fourth-order valence-corrected chi connectivity index (χ4v) is 3.67. The van der Waals surface area contributed by atoms with Gasteiger partial charge in [-0.3, -0.25) is 0 Å². The molecule has 2 N–H and O–H groups in total. The van der Waals surface area contributed by atoms with E-state index in [2.05, 4.69) is 34.9 Å². The average molecular weight is 449 g/mol. The van der Waals surface area contributed by atoms with Gasteiger partial charge >= 0.3 is 6.18 Å². The lowest BCUT2D eigenvalue weighted by Crippen LogP contribution is -2.30. The zero-order chi connectivity index (χ0) is 21.6. The van der Waals surface area contributed by atoms with Crippen LogP contribution in [0.15, 0.2) is 78.9 Å². The Hall–Kier alpha value is -2.57. The highest BCUT2D eigenvalue weighted by Gasteiger charge is 2.33. The molecule has 0 heterocycles. The first-order valence-electron chi connectivity index (χ1n) is 9.36. The summed E-state index contributed by atoms with van der Waals surface area (Å²) in [5, 5.41) is 5.78. The van der Waals surface area contributed by atoms with E-state index >= 15 is 0 Å². The van der Waals surface area contributed by atoms with E-state index in [-0.39, 0.29) is 21.7 Å². The van der Waals surface area contributed by atoms with Gasteiger partial charge in [-0.25, -0.2) is 0 Å². The first kappa shape index (κ1) is 22.1. The van der Waals surface area contributed by atoms with Crippen LogP contribution in [0.2, 0.25) is 5.02 Å². The molecule has 3 aromatic carbocycles. The van der Waals surface area contributed by atoms with E-state index in [1.807, 2.05) is 36.4 Å². The highest BCUT2D eigenvalue weighted by atomic mass is 35.5. The van der Waals surface area contributed by atoms with Crippen molar-refractivity contribution in [2.75, 3.05) is 11.9 Å². The minimum absolute atomic E-state index is 0.176. The van der Waals surface area contributed by atoms with E-state index in [4.69, 9.17) is 23.8 Å². The maximum absolute atomic E-state index is 13.0. The minimum Gasteiger partial charge on any atom is -0.362 e. The molecule has 0 aliphatic rings. The van der Waals surface area contributed by atoms with Crippen molar-refractivity contribution in [1.82, 2.24) is 5.32 Å². The molecule has 0 saturated carbocycles. The molecule has 0 amide bonds. The SMILES string of the molecule is FC(F)(F)c1cc(NC(=S)NCCC(c2ccccc2)c2ccccc2)ccc1Cl. The van der Waals surface area contributed by atoms with Crippen LogP contribution in [-0.2, 0) is 6.18 Å². The third-order valence-corrected chi connectivity index (χ3v) is 5.23. The third kappa shape index (κ3) is 5.97. The Morgan fingerprint density at radius 1 is 0.900 bits per heavy atom. The van der Waals surface area contributed by atoms with Gasteiger partial charge in [0.25, 0.3) is 0 Å². The lowest BCUT2D eigenvalue weighted by atomic mass is 9.88. The summed E-state index contributed by atoms with van der Waals surface area (Å²) in [5.74, 6) is 0.176. The maximum Gasteiger partial charge on any atom is 0.417 e. The van der Waals surface area contributed by atoms with Crippen molar-refractivity contribution < 1.29 is 13.2 Å². The molecule has 0 unspecified atom stereocenters. The van der Waals surface area contributed by atoms with Crippen LogP contribution in [-0.4, -0.2) is 11.7 Å². The predicted octanol–water partition coefficient (Wildman–Crippen LogP) is 6.87. The molecule has 156 valence electrons. The molecular formula is C23H20ClF3N2S. The Labute approximate surface area is 184 Å². The van der Waals surface area contributed by atoms with Crippen molar-refractivity contribution in [1.29, 1.82) is 0 Å². The molecule has 3 aromatic rings. The van der Waals surface area contributed by atoms with E-state index < -0.39 is 11.7 Å². The second kappa shape index (κ2) is 9.96. The predicted molar refractivity (Wildman–Crippen MR) is 120 cm³/mol. The Kier molecular flexibility index (Phi) is 7.34. The lowest BCUT2D eigenvalue weighted by molar-refractivity contribution is -0.137. The number of rotatable bonds is 6. The molecule has 0 aliphatic heterocycles. The summed E-state index contributed by atoms with van der Waals surface area (Å²) in [6.07, 6.45) is -3.76. The van der Waals surface area contributed by atoms with Crippen molar-refractivity contribution in [2.45, 2.75) is 18.5 Å². The lowest BCUT2D eigenvalue weighted by Gasteiger charge is -2.19. The highest BCUT2D eigenvalue weighted by Crippen LogP contribution is 2.36. The second-order valence-electron chi connectivity index (χ2n) is 6.74. The van der Waals surface area contributed by atoms with Crippen molar-refractivity contribution in [2.24, 2.45) is 0 Å². The van der Waals surface area contributed by atoms with Crippen LogP contribution < -0.4 is 10.6 Å². The quantitative estimate of drug-likeness (QED) is 0.402. The minimum atomic E-state index is -4.53. The number of alkyl halides is 3. The molecule has 2 nitrogen and oxygen atoms in total. The van der Waals surface area contributed by atoms with E-state index in [0.29, 0.717) is 6.54 Å². The van der Waals surface area contributed by atoms with Crippen LogP contribution in [0.4, 0.5) is 18.9 Å². The van der Waals surface area contributed by atoms with Gasteiger partial charge < -0.3 is 10.6 Å².